The second-order valence-electron chi connectivity index (χ2n) is 5.86. The van der Waals surface area contributed by atoms with Crippen molar-refractivity contribution in [1.82, 2.24) is 10.0 Å². The Morgan fingerprint density at radius 1 is 1.15 bits per heavy atom. The highest BCUT2D eigenvalue weighted by atomic mass is 16.5. The number of hydrogen-bond donors (Lipinski definition) is 0. The van der Waals surface area contributed by atoms with Gasteiger partial charge in [-0.25, -0.2) is 5.01 Å². The van der Waals surface area contributed by atoms with E-state index in [9.17, 15) is 4.79 Å². The SMILES string of the molecule is C[C@@H]1CC[C@@H](C)N1N1C[C@@H](OCc2ccccc2)C1=O. The summed E-state index contributed by atoms with van der Waals surface area (Å²) in [4.78, 5) is 12.2. The molecule has 20 heavy (non-hydrogen) atoms. The molecule has 0 aromatic heterocycles. The molecule has 0 saturated carbocycles. The molecular weight excluding hydrogens is 252 g/mol. The fourth-order valence-electron chi connectivity index (χ4n) is 3.14. The van der Waals surface area contributed by atoms with Gasteiger partial charge in [-0.1, -0.05) is 30.3 Å². The Balaban J connectivity index is 1.52. The Labute approximate surface area is 120 Å². The van der Waals surface area contributed by atoms with Gasteiger partial charge in [-0.05, 0) is 32.3 Å². The van der Waals surface area contributed by atoms with E-state index in [1.54, 1.807) is 0 Å². The molecule has 2 fully saturated rings. The molecule has 0 radical (unpaired) electrons. The standard InChI is InChI=1S/C16H22N2O2/c1-12-8-9-13(2)18(12)17-10-15(16(17)19)20-11-14-6-4-3-5-7-14/h3-7,12-13,15H,8-11H2,1-2H3/t12-,13-,15-/m1/s1. The number of nitrogens with zero attached hydrogens (tertiary/aromatic N) is 2. The van der Waals surface area contributed by atoms with Crippen LogP contribution in [0.5, 0.6) is 0 Å². The van der Waals surface area contributed by atoms with Crippen LogP contribution in [-0.4, -0.2) is 40.7 Å². The maximum absolute atomic E-state index is 12.2. The zero-order valence-corrected chi connectivity index (χ0v) is 12.2. The van der Waals surface area contributed by atoms with E-state index >= 15 is 0 Å². The Morgan fingerprint density at radius 2 is 1.80 bits per heavy atom. The summed E-state index contributed by atoms with van der Waals surface area (Å²) in [5.74, 6) is 0.113. The van der Waals surface area contributed by atoms with Gasteiger partial charge in [0.25, 0.3) is 5.91 Å². The van der Waals surface area contributed by atoms with Gasteiger partial charge in [0.15, 0.2) is 6.10 Å². The number of ether oxygens (including phenoxy) is 1. The summed E-state index contributed by atoms with van der Waals surface area (Å²) < 4.78 is 5.72. The second-order valence-corrected chi connectivity index (χ2v) is 5.86. The van der Waals surface area contributed by atoms with Crippen molar-refractivity contribution >= 4 is 5.91 Å². The number of amides is 1. The molecule has 2 heterocycles. The number of hydrogen-bond acceptors (Lipinski definition) is 3. The molecule has 108 valence electrons. The van der Waals surface area contributed by atoms with E-state index in [2.05, 4.69) is 18.9 Å². The lowest BCUT2D eigenvalue weighted by molar-refractivity contribution is -0.199. The molecule has 1 aromatic rings. The van der Waals surface area contributed by atoms with Crippen molar-refractivity contribution in [2.45, 2.75) is 51.5 Å². The topological polar surface area (TPSA) is 32.8 Å². The minimum absolute atomic E-state index is 0.113. The minimum Gasteiger partial charge on any atom is -0.362 e. The Morgan fingerprint density at radius 3 is 2.40 bits per heavy atom. The average Bonchev–Trinajstić information content (AvgIpc) is 2.78. The van der Waals surface area contributed by atoms with Crippen molar-refractivity contribution in [3.8, 4) is 0 Å². The molecule has 0 unspecified atom stereocenters. The summed E-state index contributed by atoms with van der Waals surface area (Å²) in [5.41, 5.74) is 1.11. The van der Waals surface area contributed by atoms with Crippen LogP contribution in [0.4, 0.5) is 0 Å². The number of carbonyl (C=O) groups excluding carboxylic acids is 1. The molecule has 0 aliphatic carbocycles. The molecule has 1 aromatic carbocycles. The Kier molecular flexibility index (Phi) is 3.76. The van der Waals surface area contributed by atoms with Gasteiger partial charge in [-0.15, -0.1) is 0 Å². The fourth-order valence-corrected chi connectivity index (χ4v) is 3.14. The summed E-state index contributed by atoms with van der Waals surface area (Å²) in [7, 11) is 0. The van der Waals surface area contributed by atoms with Crippen LogP contribution in [0.2, 0.25) is 0 Å². The van der Waals surface area contributed by atoms with Crippen LogP contribution in [0.1, 0.15) is 32.3 Å². The molecule has 2 saturated heterocycles. The quantitative estimate of drug-likeness (QED) is 0.789. The molecule has 4 nitrogen and oxygen atoms in total. The van der Waals surface area contributed by atoms with Gasteiger partial charge in [0.1, 0.15) is 0 Å². The van der Waals surface area contributed by atoms with E-state index in [0.717, 1.165) is 5.56 Å². The first kappa shape index (κ1) is 13.6. The predicted octanol–water partition coefficient (Wildman–Crippen LogP) is 2.20. The summed E-state index contributed by atoms with van der Waals surface area (Å²) >= 11 is 0. The number of benzene rings is 1. The molecule has 4 heteroatoms. The van der Waals surface area contributed by atoms with Crippen molar-refractivity contribution in [3.05, 3.63) is 35.9 Å². The second kappa shape index (κ2) is 5.54. The summed E-state index contributed by atoms with van der Waals surface area (Å²) in [6.07, 6.45) is 2.07. The Hall–Kier alpha value is -1.39. The highest BCUT2D eigenvalue weighted by molar-refractivity contribution is 5.86. The maximum atomic E-state index is 12.2. The van der Waals surface area contributed by atoms with Crippen molar-refractivity contribution in [3.63, 3.8) is 0 Å². The first-order valence-corrected chi connectivity index (χ1v) is 7.42. The molecule has 2 aliphatic rings. The lowest BCUT2D eigenvalue weighted by Gasteiger charge is -2.46. The molecule has 1 amide bonds. The van der Waals surface area contributed by atoms with Crippen molar-refractivity contribution in [1.29, 1.82) is 0 Å². The summed E-state index contributed by atoms with van der Waals surface area (Å²) in [6, 6.07) is 10.9. The van der Waals surface area contributed by atoms with Crippen LogP contribution in [-0.2, 0) is 16.1 Å². The van der Waals surface area contributed by atoms with E-state index < -0.39 is 0 Å². The number of carbonyl (C=O) groups is 1. The molecule has 3 atom stereocenters. The number of β-lactam (4-membered cyclic amide) rings is 1. The molecule has 0 spiro atoms. The van der Waals surface area contributed by atoms with Crippen LogP contribution < -0.4 is 0 Å². The van der Waals surface area contributed by atoms with Gasteiger partial charge < -0.3 is 4.74 Å². The fraction of sp³-hybridized carbons (Fsp3) is 0.562. The van der Waals surface area contributed by atoms with Gasteiger partial charge in [0.05, 0.1) is 13.2 Å². The van der Waals surface area contributed by atoms with Crippen LogP contribution in [0.25, 0.3) is 0 Å². The van der Waals surface area contributed by atoms with Gasteiger partial charge in [-0.3, -0.25) is 9.80 Å². The van der Waals surface area contributed by atoms with Gasteiger partial charge in [0.2, 0.25) is 0 Å². The highest BCUT2D eigenvalue weighted by Gasteiger charge is 2.45. The number of rotatable bonds is 4. The molecule has 2 aliphatic heterocycles. The largest absolute Gasteiger partial charge is 0.362 e. The van der Waals surface area contributed by atoms with Crippen LogP contribution >= 0.6 is 0 Å². The molecule has 0 N–H and O–H groups in total. The smallest absolute Gasteiger partial charge is 0.268 e. The van der Waals surface area contributed by atoms with E-state index in [0.29, 0.717) is 25.2 Å². The van der Waals surface area contributed by atoms with Gasteiger partial charge >= 0.3 is 0 Å². The number of hydrazine groups is 1. The average molecular weight is 274 g/mol. The van der Waals surface area contributed by atoms with Gasteiger partial charge in [-0.2, -0.15) is 0 Å². The summed E-state index contributed by atoms with van der Waals surface area (Å²) in [5, 5.41) is 4.10. The first-order chi connectivity index (χ1) is 9.66. The maximum Gasteiger partial charge on any atom is 0.268 e. The zero-order valence-electron chi connectivity index (χ0n) is 12.2. The van der Waals surface area contributed by atoms with E-state index in [1.165, 1.54) is 12.8 Å². The molecule has 0 bridgehead atoms. The third-order valence-corrected chi connectivity index (χ3v) is 4.35. The molecular formula is C16H22N2O2. The van der Waals surface area contributed by atoms with Crippen molar-refractivity contribution in [2.24, 2.45) is 0 Å². The van der Waals surface area contributed by atoms with E-state index in [1.807, 2.05) is 35.3 Å². The predicted molar refractivity (Wildman–Crippen MR) is 76.7 cm³/mol. The molecule has 3 rings (SSSR count). The summed E-state index contributed by atoms with van der Waals surface area (Å²) in [6.45, 7) is 5.58. The van der Waals surface area contributed by atoms with Gasteiger partial charge in [0, 0.05) is 12.1 Å². The van der Waals surface area contributed by atoms with Crippen LogP contribution in [0.3, 0.4) is 0 Å². The monoisotopic (exact) mass is 274 g/mol. The first-order valence-electron chi connectivity index (χ1n) is 7.42. The normalized spacial score (nSPS) is 30.6. The Bertz CT molecular complexity index is 467. The van der Waals surface area contributed by atoms with Crippen molar-refractivity contribution in [2.75, 3.05) is 6.54 Å². The van der Waals surface area contributed by atoms with Crippen molar-refractivity contribution < 1.29 is 9.53 Å². The third-order valence-electron chi connectivity index (χ3n) is 4.35. The van der Waals surface area contributed by atoms with E-state index in [-0.39, 0.29) is 12.0 Å². The lowest BCUT2D eigenvalue weighted by Crippen LogP contribution is -2.66. The van der Waals surface area contributed by atoms with E-state index in [4.69, 9.17) is 4.74 Å². The van der Waals surface area contributed by atoms with Crippen LogP contribution in [0, 0.1) is 0 Å². The highest BCUT2D eigenvalue weighted by Crippen LogP contribution is 2.30. The minimum atomic E-state index is -0.268. The lowest BCUT2D eigenvalue weighted by atomic mass is 10.1. The van der Waals surface area contributed by atoms with Crippen LogP contribution in [0.15, 0.2) is 30.3 Å². The zero-order chi connectivity index (χ0) is 14.1. The third kappa shape index (κ3) is 2.45.